The van der Waals surface area contributed by atoms with E-state index in [1.807, 2.05) is 30.1 Å². The normalized spacial score (nSPS) is 24.3. The molecule has 0 aromatic heterocycles. The minimum Gasteiger partial charge on any atom is -0.366 e. The molecule has 1 aliphatic rings. The SMILES string of the molecule is CCCC1OC[C@H](Cc2ccccc2)N(C)C1=O. The van der Waals surface area contributed by atoms with Crippen LogP contribution in [0.15, 0.2) is 30.3 Å². The third kappa shape index (κ3) is 2.91. The summed E-state index contributed by atoms with van der Waals surface area (Å²) in [5.41, 5.74) is 1.25. The molecule has 1 aromatic carbocycles. The van der Waals surface area contributed by atoms with Crippen molar-refractivity contribution in [2.45, 2.75) is 38.3 Å². The lowest BCUT2D eigenvalue weighted by atomic mass is 10.0. The van der Waals surface area contributed by atoms with Crippen LogP contribution in [-0.2, 0) is 16.0 Å². The van der Waals surface area contributed by atoms with Crippen molar-refractivity contribution in [3.8, 4) is 0 Å². The maximum absolute atomic E-state index is 12.1. The predicted molar refractivity (Wildman–Crippen MR) is 71.4 cm³/mol. The van der Waals surface area contributed by atoms with Crippen LogP contribution in [0.1, 0.15) is 25.3 Å². The molecule has 1 heterocycles. The summed E-state index contributed by atoms with van der Waals surface area (Å²) in [6.07, 6.45) is 2.43. The van der Waals surface area contributed by atoms with E-state index in [0.717, 1.165) is 19.3 Å². The van der Waals surface area contributed by atoms with Gasteiger partial charge in [0.05, 0.1) is 12.6 Å². The van der Waals surface area contributed by atoms with Crippen molar-refractivity contribution in [3.05, 3.63) is 35.9 Å². The van der Waals surface area contributed by atoms with Crippen LogP contribution in [0.5, 0.6) is 0 Å². The van der Waals surface area contributed by atoms with Crippen LogP contribution in [0.25, 0.3) is 0 Å². The summed E-state index contributed by atoms with van der Waals surface area (Å²) in [5, 5.41) is 0. The van der Waals surface area contributed by atoms with Gasteiger partial charge in [-0.3, -0.25) is 4.79 Å². The number of rotatable bonds is 4. The highest BCUT2D eigenvalue weighted by atomic mass is 16.5. The van der Waals surface area contributed by atoms with Gasteiger partial charge in [-0.1, -0.05) is 43.7 Å². The van der Waals surface area contributed by atoms with Crippen LogP contribution >= 0.6 is 0 Å². The fraction of sp³-hybridized carbons (Fsp3) is 0.533. The Bertz CT molecular complexity index is 391. The minimum atomic E-state index is -0.230. The number of nitrogens with zero attached hydrogens (tertiary/aromatic N) is 1. The summed E-state index contributed by atoms with van der Waals surface area (Å²) in [4.78, 5) is 14.0. The molecule has 2 rings (SSSR count). The maximum atomic E-state index is 12.1. The molecule has 1 amide bonds. The zero-order valence-electron chi connectivity index (χ0n) is 11.1. The van der Waals surface area contributed by atoms with Crippen molar-refractivity contribution >= 4 is 5.91 Å². The minimum absolute atomic E-state index is 0.129. The van der Waals surface area contributed by atoms with E-state index in [2.05, 4.69) is 19.1 Å². The molecule has 3 nitrogen and oxygen atoms in total. The second kappa shape index (κ2) is 6.01. The molecule has 1 fully saturated rings. The smallest absolute Gasteiger partial charge is 0.251 e. The monoisotopic (exact) mass is 247 g/mol. The number of amides is 1. The van der Waals surface area contributed by atoms with Gasteiger partial charge in [0.2, 0.25) is 0 Å². The summed E-state index contributed by atoms with van der Waals surface area (Å²) in [6.45, 7) is 2.72. The van der Waals surface area contributed by atoms with Gasteiger partial charge in [0.25, 0.3) is 5.91 Å². The van der Waals surface area contributed by atoms with Gasteiger partial charge in [-0.05, 0) is 18.4 Å². The zero-order valence-corrected chi connectivity index (χ0v) is 11.1. The van der Waals surface area contributed by atoms with Crippen molar-refractivity contribution in [2.24, 2.45) is 0 Å². The van der Waals surface area contributed by atoms with E-state index in [9.17, 15) is 4.79 Å². The van der Waals surface area contributed by atoms with Crippen molar-refractivity contribution < 1.29 is 9.53 Å². The Labute approximate surface area is 109 Å². The largest absolute Gasteiger partial charge is 0.366 e. The molecule has 3 heteroatoms. The van der Waals surface area contributed by atoms with Crippen LogP contribution in [0.2, 0.25) is 0 Å². The van der Waals surface area contributed by atoms with Crippen LogP contribution in [0, 0.1) is 0 Å². The van der Waals surface area contributed by atoms with Gasteiger partial charge in [-0.15, -0.1) is 0 Å². The molecule has 0 saturated carbocycles. The van der Waals surface area contributed by atoms with E-state index < -0.39 is 0 Å². The molecule has 0 N–H and O–H groups in total. The summed E-state index contributed by atoms with van der Waals surface area (Å²) < 4.78 is 5.69. The van der Waals surface area contributed by atoms with Crippen molar-refractivity contribution in [2.75, 3.05) is 13.7 Å². The van der Waals surface area contributed by atoms with E-state index in [1.54, 1.807) is 0 Å². The summed E-state index contributed by atoms with van der Waals surface area (Å²) in [5.74, 6) is 0.129. The van der Waals surface area contributed by atoms with Gasteiger partial charge in [0.15, 0.2) is 0 Å². The Balaban J connectivity index is 1.98. The van der Waals surface area contributed by atoms with Gasteiger partial charge in [-0.25, -0.2) is 0 Å². The Morgan fingerprint density at radius 2 is 2.06 bits per heavy atom. The summed E-state index contributed by atoms with van der Waals surface area (Å²) >= 11 is 0. The standard InChI is InChI=1S/C15H21NO2/c1-3-7-14-15(17)16(2)13(11-18-14)10-12-8-5-4-6-9-12/h4-6,8-9,13-14H,3,7,10-11H2,1-2H3/t13-,14?/m0/s1. The van der Waals surface area contributed by atoms with Gasteiger partial charge in [0.1, 0.15) is 6.10 Å². The van der Waals surface area contributed by atoms with E-state index in [1.165, 1.54) is 5.56 Å². The quantitative estimate of drug-likeness (QED) is 0.816. The van der Waals surface area contributed by atoms with Crippen molar-refractivity contribution in [3.63, 3.8) is 0 Å². The molecule has 0 bridgehead atoms. The second-order valence-corrected chi connectivity index (χ2v) is 4.90. The number of ether oxygens (including phenoxy) is 1. The van der Waals surface area contributed by atoms with E-state index in [4.69, 9.17) is 4.74 Å². The molecule has 18 heavy (non-hydrogen) atoms. The first-order chi connectivity index (χ1) is 8.72. The van der Waals surface area contributed by atoms with E-state index in [-0.39, 0.29) is 18.1 Å². The number of likely N-dealkylation sites (N-methyl/N-ethyl adjacent to an activating group) is 1. The van der Waals surface area contributed by atoms with E-state index >= 15 is 0 Å². The average Bonchev–Trinajstić information content (AvgIpc) is 2.40. The summed E-state index contributed by atoms with van der Waals surface area (Å²) in [7, 11) is 1.89. The van der Waals surface area contributed by atoms with Gasteiger partial charge >= 0.3 is 0 Å². The fourth-order valence-corrected chi connectivity index (χ4v) is 2.37. The first-order valence-corrected chi connectivity index (χ1v) is 6.64. The Morgan fingerprint density at radius 1 is 1.33 bits per heavy atom. The molecule has 0 aliphatic carbocycles. The lowest BCUT2D eigenvalue weighted by molar-refractivity contribution is -0.157. The third-order valence-electron chi connectivity index (χ3n) is 3.53. The zero-order chi connectivity index (χ0) is 13.0. The molecule has 2 atom stereocenters. The number of morpholine rings is 1. The molecular formula is C15H21NO2. The topological polar surface area (TPSA) is 29.5 Å². The second-order valence-electron chi connectivity index (χ2n) is 4.90. The third-order valence-corrected chi connectivity index (χ3v) is 3.53. The van der Waals surface area contributed by atoms with Crippen LogP contribution < -0.4 is 0 Å². The lowest BCUT2D eigenvalue weighted by Gasteiger charge is -2.37. The van der Waals surface area contributed by atoms with Gasteiger partial charge in [-0.2, -0.15) is 0 Å². The number of hydrogen-bond donors (Lipinski definition) is 0. The highest BCUT2D eigenvalue weighted by Gasteiger charge is 2.32. The molecule has 1 unspecified atom stereocenters. The van der Waals surface area contributed by atoms with E-state index in [0.29, 0.717) is 6.61 Å². The number of carbonyl (C=O) groups is 1. The fourth-order valence-electron chi connectivity index (χ4n) is 2.37. The molecule has 1 saturated heterocycles. The van der Waals surface area contributed by atoms with Crippen molar-refractivity contribution in [1.29, 1.82) is 0 Å². The number of benzene rings is 1. The van der Waals surface area contributed by atoms with Gasteiger partial charge < -0.3 is 9.64 Å². The lowest BCUT2D eigenvalue weighted by Crippen LogP contribution is -2.52. The highest BCUT2D eigenvalue weighted by molar-refractivity contribution is 5.81. The van der Waals surface area contributed by atoms with Gasteiger partial charge in [0, 0.05) is 7.05 Å². The van der Waals surface area contributed by atoms with Crippen LogP contribution in [0.4, 0.5) is 0 Å². The molecule has 1 aliphatic heterocycles. The highest BCUT2D eigenvalue weighted by Crippen LogP contribution is 2.18. The number of hydrogen-bond acceptors (Lipinski definition) is 2. The Morgan fingerprint density at radius 3 is 2.72 bits per heavy atom. The molecule has 1 aromatic rings. The molecule has 0 spiro atoms. The van der Waals surface area contributed by atoms with Crippen LogP contribution in [-0.4, -0.2) is 36.6 Å². The molecule has 98 valence electrons. The Hall–Kier alpha value is -1.35. The van der Waals surface area contributed by atoms with Crippen LogP contribution in [0.3, 0.4) is 0 Å². The maximum Gasteiger partial charge on any atom is 0.251 e. The van der Waals surface area contributed by atoms with Crippen molar-refractivity contribution in [1.82, 2.24) is 4.90 Å². The molecule has 0 radical (unpaired) electrons. The number of carbonyl (C=O) groups excluding carboxylic acids is 1. The first-order valence-electron chi connectivity index (χ1n) is 6.64. The first kappa shape index (κ1) is 13.1. The summed E-state index contributed by atoms with van der Waals surface area (Å²) in [6, 6.07) is 10.4. The molecular weight excluding hydrogens is 226 g/mol. The predicted octanol–water partition coefficient (Wildman–Crippen LogP) is 2.25. The Kier molecular flexibility index (Phi) is 4.37. The average molecular weight is 247 g/mol.